The molecule has 0 radical (unpaired) electrons. The molecule has 0 saturated carbocycles. The molecule has 1 atom stereocenters. The SMILES string of the molecule is CNC(=O)[C@@H](C)N(Cc1c(Cl)cccc1Cl)C(=O)CN(c1cccc(Cl)c1)S(=O)(=O)c1ccc(OC)cc1. The van der Waals surface area contributed by atoms with Crippen LogP contribution in [0.4, 0.5) is 5.69 Å². The fourth-order valence-corrected chi connectivity index (χ4v) is 5.79. The number of rotatable bonds is 10. The molecule has 0 unspecified atom stereocenters. The molecular weight excluding hydrogens is 573 g/mol. The number of nitrogens with zero attached hydrogens (tertiary/aromatic N) is 2. The summed E-state index contributed by atoms with van der Waals surface area (Å²) in [6.45, 7) is 0.777. The number of carbonyl (C=O) groups excluding carboxylic acids is 2. The highest BCUT2D eigenvalue weighted by atomic mass is 35.5. The molecule has 0 aliphatic rings. The Labute approximate surface area is 237 Å². The molecule has 3 aromatic carbocycles. The largest absolute Gasteiger partial charge is 0.497 e. The number of hydrogen-bond donors (Lipinski definition) is 1. The molecule has 12 heteroatoms. The molecule has 1 N–H and O–H groups in total. The van der Waals surface area contributed by atoms with Gasteiger partial charge >= 0.3 is 0 Å². The van der Waals surface area contributed by atoms with Crippen molar-refractivity contribution in [2.24, 2.45) is 0 Å². The number of ether oxygens (including phenoxy) is 1. The van der Waals surface area contributed by atoms with Gasteiger partial charge in [0, 0.05) is 34.2 Å². The first-order chi connectivity index (χ1) is 18.0. The lowest BCUT2D eigenvalue weighted by Crippen LogP contribution is -2.50. The number of carbonyl (C=O) groups is 2. The fraction of sp³-hybridized carbons (Fsp3) is 0.231. The molecule has 0 saturated heterocycles. The van der Waals surface area contributed by atoms with Crippen molar-refractivity contribution in [1.82, 2.24) is 10.2 Å². The smallest absolute Gasteiger partial charge is 0.264 e. The molecule has 8 nitrogen and oxygen atoms in total. The number of benzene rings is 3. The lowest BCUT2D eigenvalue weighted by Gasteiger charge is -2.32. The van der Waals surface area contributed by atoms with Gasteiger partial charge in [-0.1, -0.05) is 46.9 Å². The number of nitrogens with one attached hydrogen (secondary N) is 1. The summed E-state index contributed by atoms with van der Waals surface area (Å²) in [5.74, 6) is -0.639. The molecule has 38 heavy (non-hydrogen) atoms. The third kappa shape index (κ3) is 6.71. The van der Waals surface area contributed by atoms with Gasteiger partial charge in [0.15, 0.2) is 0 Å². The van der Waals surface area contributed by atoms with Crippen molar-refractivity contribution < 1.29 is 22.7 Å². The molecule has 0 aromatic heterocycles. The quantitative estimate of drug-likeness (QED) is 0.354. The van der Waals surface area contributed by atoms with Gasteiger partial charge in [-0.25, -0.2) is 8.42 Å². The van der Waals surface area contributed by atoms with Crippen LogP contribution >= 0.6 is 34.8 Å². The van der Waals surface area contributed by atoms with Gasteiger partial charge in [0.1, 0.15) is 18.3 Å². The second-order valence-electron chi connectivity index (χ2n) is 8.18. The van der Waals surface area contributed by atoms with Crippen LogP contribution in [0.25, 0.3) is 0 Å². The minimum Gasteiger partial charge on any atom is -0.497 e. The molecule has 3 rings (SSSR count). The summed E-state index contributed by atoms with van der Waals surface area (Å²) >= 11 is 18.8. The predicted molar refractivity (Wildman–Crippen MR) is 150 cm³/mol. The highest BCUT2D eigenvalue weighted by Crippen LogP contribution is 2.29. The summed E-state index contributed by atoms with van der Waals surface area (Å²) in [6, 6.07) is 15.8. The molecular formula is C26H26Cl3N3O5S. The Bertz CT molecular complexity index is 1400. The average molecular weight is 599 g/mol. The maximum Gasteiger partial charge on any atom is 0.264 e. The number of hydrogen-bond acceptors (Lipinski definition) is 5. The lowest BCUT2D eigenvalue weighted by molar-refractivity contribution is -0.139. The van der Waals surface area contributed by atoms with Crippen molar-refractivity contribution in [2.45, 2.75) is 24.4 Å². The second kappa shape index (κ2) is 12.7. The predicted octanol–water partition coefficient (Wildman–Crippen LogP) is 5.01. The van der Waals surface area contributed by atoms with Crippen LogP contribution in [-0.4, -0.2) is 51.9 Å². The Morgan fingerprint density at radius 1 is 0.974 bits per heavy atom. The van der Waals surface area contributed by atoms with E-state index in [1.165, 1.54) is 62.4 Å². The molecule has 0 heterocycles. The minimum atomic E-state index is -4.25. The van der Waals surface area contributed by atoms with Gasteiger partial charge in [-0.2, -0.15) is 0 Å². The normalized spacial score (nSPS) is 11.9. The molecule has 0 spiro atoms. The van der Waals surface area contributed by atoms with E-state index < -0.39 is 34.4 Å². The van der Waals surface area contributed by atoms with Gasteiger partial charge < -0.3 is 15.0 Å². The zero-order valence-electron chi connectivity index (χ0n) is 20.8. The molecule has 2 amide bonds. The van der Waals surface area contributed by atoms with Crippen LogP contribution in [0.1, 0.15) is 12.5 Å². The first-order valence-corrected chi connectivity index (χ1v) is 13.9. The molecule has 3 aromatic rings. The summed E-state index contributed by atoms with van der Waals surface area (Å²) in [5.41, 5.74) is 0.595. The Morgan fingerprint density at radius 3 is 2.13 bits per heavy atom. The van der Waals surface area contributed by atoms with E-state index in [0.29, 0.717) is 21.4 Å². The van der Waals surface area contributed by atoms with Gasteiger partial charge in [-0.05, 0) is 61.5 Å². The molecule has 0 fully saturated rings. The highest BCUT2D eigenvalue weighted by molar-refractivity contribution is 7.92. The van der Waals surface area contributed by atoms with E-state index in [2.05, 4.69) is 5.32 Å². The zero-order chi connectivity index (χ0) is 28.0. The lowest BCUT2D eigenvalue weighted by atomic mass is 10.1. The number of methoxy groups -OCH3 is 1. The summed E-state index contributed by atoms with van der Waals surface area (Å²) in [4.78, 5) is 27.5. The van der Waals surface area contributed by atoms with E-state index in [9.17, 15) is 18.0 Å². The van der Waals surface area contributed by atoms with E-state index in [1.807, 2.05) is 0 Å². The van der Waals surface area contributed by atoms with Crippen LogP contribution < -0.4 is 14.4 Å². The summed E-state index contributed by atoms with van der Waals surface area (Å²) in [7, 11) is -1.34. The van der Waals surface area contributed by atoms with Crippen LogP contribution in [0.3, 0.4) is 0 Å². The first kappa shape index (κ1) is 29.6. The topological polar surface area (TPSA) is 96.0 Å². The minimum absolute atomic E-state index is 0.0638. The average Bonchev–Trinajstić information content (AvgIpc) is 2.90. The highest BCUT2D eigenvalue weighted by Gasteiger charge is 2.33. The van der Waals surface area contributed by atoms with Crippen LogP contribution in [0, 0.1) is 0 Å². The van der Waals surface area contributed by atoms with E-state index in [4.69, 9.17) is 39.5 Å². The van der Waals surface area contributed by atoms with Crippen molar-refractivity contribution in [3.05, 3.63) is 87.4 Å². The van der Waals surface area contributed by atoms with Crippen LogP contribution in [0.5, 0.6) is 5.75 Å². The summed E-state index contributed by atoms with van der Waals surface area (Å²) < 4.78 is 33.6. The third-order valence-electron chi connectivity index (χ3n) is 5.83. The maximum absolute atomic E-state index is 13.8. The van der Waals surface area contributed by atoms with E-state index >= 15 is 0 Å². The van der Waals surface area contributed by atoms with Crippen molar-refractivity contribution in [3.63, 3.8) is 0 Å². The zero-order valence-corrected chi connectivity index (χ0v) is 23.9. The van der Waals surface area contributed by atoms with Gasteiger partial charge in [0.2, 0.25) is 11.8 Å². The van der Waals surface area contributed by atoms with Crippen LogP contribution in [-0.2, 0) is 26.2 Å². The van der Waals surface area contributed by atoms with Gasteiger partial charge in [0.05, 0.1) is 17.7 Å². The van der Waals surface area contributed by atoms with E-state index in [1.54, 1.807) is 30.3 Å². The van der Waals surface area contributed by atoms with E-state index in [-0.39, 0.29) is 22.2 Å². The van der Waals surface area contributed by atoms with Crippen molar-refractivity contribution >= 4 is 62.3 Å². The summed E-state index contributed by atoms with van der Waals surface area (Å²) in [5, 5.41) is 3.40. The maximum atomic E-state index is 13.8. The number of sulfonamides is 1. The second-order valence-corrected chi connectivity index (χ2v) is 11.3. The third-order valence-corrected chi connectivity index (χ3v) is 8.56. The molecule has 0 aliphatic carbocycles. The number of anilines is 1. The van der Waals surface area contributed by atoms with Crippen LogP contribution in [0.15, 0.2) is 71.6 Å². The Hall–Kier alpha value is -2.98. The molecule has 202 valence electrons. The van der Waals surface area contributed by atoms with Gasteiger partial charge in [0.25, 0.3) is 10.0 Å². The van der Waals surface area contributed by atoms with Crippen molar-refractivity contribution in [2.75, 3.05) is 25.0 Å². The standard InChI is InChI=1S/C26H26Cl3N3O5S/c1-17(26(34)30-2)31(15-22-23(28)8-5-9-24(22)29)25(33)16-32(19-7-4-6-18(27)14-19)38(35,36)21-12-10-20(37-3)11-13-21/h4-14,17H,15-16H2,1-3H3,(H,30,34)/t17-/m1/s1. The number of halogens is 3. The molecule has 0 bridgehead atoms. The van der Waals surface area contributed by atoms with Gasteiger partial charge in [-0.15, -0.1) is 0 Å². The number of amides is 2. The Kier molecular flexibility index (Phi) is 9.89. The Balaban J connectivity index is 2.07. The van der Waals surface area contributed by atoms with Crippen molar-refractivity contribution in [1.29, 1.82) is 0 Å². The summed E-state index contributed by atoms with van der Waals surface area (Å²) in [6.07, 6.45) is 0. The number of likely N-dealkylation sites (N-methyl/N-ethyl adjacent to an activating group) is 1. The van der Waals surface area contributed by atoms with E-state index in [0.717, 1.165) is 4.31 Å². The first-order valence-electron chi connectivity index (χ1n) is 11.4. The van der Waals surface area contributed by atoms with Gasteiger partial charge in [-0.3, -0.25) is 13.9 Å². The monoisotopic (exact) mass is 597 g/mol. The Morgan fingerprint density at radius 2 is 1.58 bits per heavy atom. The molecule has 0 aliphatic heterocycles. The van der Waals surface area contributed by atoms with Crippen LogP contribution in [0.2, 0.25) is 15.1 Å². The fourth-order valence-electron chi connectivity index (χ4n) is 3.68. The van der Waals surface area contributed by atoms with Crippen molar-refractivity contribution in [3.8, 4) is 5.75 Å².